The predicted octanol–water partition coefficient (Wildman–Crippen LogP) is 6.26. The van der Waals surface area contributed by atoms with Gasteiger partial charge >= 0.3 is 0 Å². The van der Waals surface area contributed by atoms with Crippen molar-refractivity contribution in [3.63, 3.8) is 0 Å². The van der Waals surface area contributed by atoms with Crippen LogP contribution in [-0.2, 0) is 17.8 Å². The van der Waals surface area contributed by atoms with Gasteiger partial charge in [0.2, 0.25) is 0 Å². The third kappa shape index (κ3) is 6.69. The minimum absolute atomic E-state index is 0.241. The molecule has 0 radical (unpaired) electrons. The summed E-state index contributed by atoms with van der Waals surface area (Å²) in [7, 11) is 1.68. The van der Waals surface area contributed by atoms with Crippen LogP contribution in [0, 0.1) is 5.92 Å². The van der Waals surface area contributed by atoms with Crippen molar-refractivity contribution in [1.29, 1.82) is 0 Å². The summed E-state index contributed by atoms with van der Waals surface area (Å²) in [4.78, 5) is 2.74. The number of anilines is 1. The molecule has 0 saturated carbocycles. The average Bonchev–Trinajstić information content (AvgIpc) is 3.30. The summed E-state index contributed by atoms with van der Waals surface area (Å²) in [6.45, 7) is 8.53. The van der Waals surface area contributed by atoms with E-state index in [1.54, 1.807) is 7.11 Å². The van der Waals surface area contributed by atoms with Crippen molar-refractivity contribution < 1.29 is 13.5 Å². The van der Waals surface area contributed by atoms with Crippen LogP contribution in [0.4, 0.5) is 5.69 Å². The van der Waals surface area contributed by atoms with E-state index in [2.05, 4.69) is 70.9 Å². The molecule has 220 valence electrons. The van der Waals surface area contributed by atoms with E-state index in [0.29, 0.717) is 24.2 Å². The number of hydrogen-bond acceptors (Lipinski definition) is 5. The SMILES string of the molecule is COc1ccc(N(S(=O)[O-])C(C)(C)C)cc1CNC1C2CCCCCN(C2)C1C(c1ccccc1)c1ccccc1. The molecule has 0 amide bonds. The maximum atomic E-state index is 12.2. The van der Waals surface area contributed by atoms with Gasteiger partial charge in [0.25, 0.3) is 0 Å². The molecular weight excluding hydrogens is 530 g/mol. The van der Waals surface area contributed by atoms with Gasteiger partial charge in [0.15, 0.2) is 0 Å². The quantitative estimate of drug-likeness (QED) is 0.306. The van der Waals surface area contributed by atoms with Crippen LogP contribution in [0.5, 0.6) is 5.75 Å². The molecule has 5 rings (SSSR count). The first-order chi connectivity index (χ1) is 19.8. The monoisotopic (exact) mass is 574 g/mol. The third-order valence-corrected chi connectivity index (χ3v) is 9.79. The summed E-state index contributed by atoms with van der Waals surface area (Å²) < 4.78 is 31.7. The lowest BCUT2D eigenvalue weighted by Gasteiger charge is -2.39. The Labute approximate surface area is 248 Å². The molecular formula is C34H44N3O3S-. The highest BCUT2D eigenvalue weighted by atomic mass is 32.2. The Hall–Kier alpha value is -2.71. The second-order valence-electron chi connectivity index (χ2n) is 12.5. The van der Waals surface area contributed by atoms with E-state index >= 15 is 0 Å². The van der Waals surface area contributed by atoms with Crippen molar-refractivity contribution in [3.8, 4) is 5.75 Å². The van der Waals surface area contributed by atoms with Gasteiger partial charge in [0, 0.05) is 59.1 Å². The number of benzene rings is 3. The van der Waals surface area contributed by atoms with Crippen molar-refractivity contribution in [2.45, 2.75) is 76.5 Å². The van der Waals surface area contributed by atoms with Crippen LogP contribution < -0.4 is 14.4 Å². The van der Waals surface area contributed by atoms with Crippen LogP contribution in [0.25, 0.3) is 0 Å². The smallest absolute Gasteiger partial charge is 0.123 e. The van der Waals surface area contributed by atoms with Gasteiger partial charge in [-0.2, -0.15) is 0 Å². The van der Waals surface area contributed by atoms with Gasteiger partial charge in [-0.1, -0.05) is 73.5 Å². The van der Waals surface area contributed by atoms with Gasteiger partial charge in [0.1, 0.15) is 5.75 Å². The lowest BCUT2D eigenvalue weighted by atomic mass is 9.79. The molecule has 2 aliphatic rings. The molecule has 41 heavy (non-hydrogen) atoms. The number of nitrogens with one attached hydrogen (secondary N) is 1. The molecule has 2 fully saturated rings. The van der Waals surface area contributed by atoms with Gasteiger partial charge in [0.05, 0.1) is 7.11 Å². The molecule has 5 unspecified atom stereocenters. The maximum absolute atomic E-state index is 12.2. The Balaban J connectivity index is 1.51. The van der Waals surface area contributed by atoms with Crippen LogP contribution in [0.2, 0.25) is 0 Å². The van der Waals surface area contributed by atoms with Crippen molar-refractivity contribution in [3.05, 3.63) is 95.6 Å². The zero-order valence-corrected chi connectivity index (χ0v) is 25.6. The second kappa shape index (κ2) is 13.1. The summed E-state index contributed by atoms with van der Waals surface area (Å²) >= 11 is -2.39. The zero-order valence-electron chi connectivity index (χ0n) is 24.8. The van der Waals surface area contributed by atoms with Crippen molar-refractivity contribution in [2.24, 2.45) is 5.92 Å². The Morgan fingerprint density at radius 2 is 1.66 bits per heavy atom. The Morgan fingerprint density at radius 3 is 2.24 bits per heavy atom. The van der Waals surface area contributed by atoms with E-state index in [1.165, 1.54) is 41.1 Å². The number of hydrogen-bond donors (Lipinski definition) is 1. The van der Waals surface area contributed by atoms with E-state index in [9.17, 15) is 8.76 Å². The van der Waals surface area contributed by atoms with E-state index in [0.717, 1.165) is 24.4 Å². The fourth-order valence-electron chi connectivity index (χ4n) is 7.02. The van der Waals surface area contributed by atoms with E-state index < -0.39 is 16.8 Å². The Morgan fingerprint density at radius 1 is 1.00 bits per heavy atom. The third-order valence-electron chi connectivity index (χ3n) is 8.73. The van der Waals surface area contributed by atoms with Crippen molar-refractivity contribution in [2.75, 3.05) is 24.5 Å². The first-order valence-corrected chi connectivity index (χ1v) is 15.9. The molecule has 6 nitrogen and oxygen atoms in total. The van der Waals surface area contributed by atoms with Gasteiger partial charge < -0.3 is 14.6 Å². The van der Waals surface area contributed by atoms with Crippen LogP contribution in [0.3, 0.4) is 0 Å². The number of rotatable bonds is 9. The minimum atomic E-state index is -2.39. The van der Waals surface area contributed by atoms with Crippen LogP contribution in [-0.4, -0.2) is 51.5 Å². The molecule has 0 aromatic heterocycles. The normalized spacial score (nSPS) is 23.6. The topological polar surface area (TPSA) is 67.9 Å². The molecule has 2 heterocycles. The van der Waals surface area contributed by atoms with Crippen LogP contribution in [0.15, 0.2) is 78.9 Å². The molecule has 0 spiro atoms. The highest BCUT2D eigenvalue weighted by molar-refractivity contribution is 7.80. The van der Waals surface area contributed by atoms with Crippen molar-refractivity contribution >= 4 is 17.0 Å². The molecule has 7 heteroatoms. The standard InChI is InChI=1S/C34H45N3O3S/c1-34(2,3)37(41(38)39)29-19-20-30(40-4)28(22-29)23-35-32-27-18-12-7-13-21-36(24-27)33(32)31(25-14-8-5-9-15-25)26-16-10-6-11-17-26/h5-6,8-11,14-17,19-20,22,27,31-33,35H,7,12-13,18,21,23-24H2,1-4H3,(H,38,39)/p-1. The van der Waals surface area contributed by atoms with Crippen LogP contribution >= 0.6 is 0 Å². The Kier molecular flexibility index (Phi) is 9.49. The predicted molar refractivity (Wildman–Crippen MR) is 167 cm³/mol. The molecule has 5 atom stereocenters. The molecule has 2 saturated heterocycles. The highest BCUT2D eigenvalue weighted by Gasteiger charge is 2.46. The number of methoxy groups -OCH3 is 1. The first kappa shape index (κ1) is 29.8. The molecule has 3 aromatic carbocycles. The summed E-state index contributed by atoms with van der Waals surface area (Å²) in [5.74, 6) is 1.55. The van der Waals surface area contributed by atoms with Gasteiger partial charge in [-0.3, -0.25) is 13.4 Å². The van der Waals surface area contributed by atoms with Gasteiger partial charge in [-0.15, -0.1) is 0 Å². The summed E-state index contributed by atoms with van der Waals surface area (Å²) in [6, 6.07) is 28.2. The molecule has 3 aromatic rings. The van der Waals surface area contributed by atoms with Crippen molar-refractivity contribution in [1.82, 2.24) is 10.2 Å². The fraction of sp³-hybridized carbons (Fsp3) is 0.471. The van der Waals surface area contributed by atoms with Crippen LogP contribution in [0.1, 0.15) is 69.1 Å². The highest BCUT2D eigenvalue weighted by Crippen LogP contribution is 2.41. The first-order valence-electron chi connectivity index (χ1n) is 14.9. The number of nitrogens with zero attached hydrogens (tertiary/aromatic N) is 2. The fourth-order valence-corrected chi connectivity index (χ4v) is 7.75. The maximum Gasteiger partial charge on any atom is 0.123 e. The molecule has 2 aliphatic heterocycles. The minimum Gasteiger partial charge on any atom is -0.755 e. The number of ether oxygens (including phenoxy) is 1. The Bertz CT molecular complexity index is 1260. The largest absolute Gasteiger partial charge is 0.755 e. The molecule has 1 N–H and O–H groups in total. The van der Waals surface area contributed by atoms with Gasteiger partial charge in [-0.05, 0) is 75.4 Å². The number of fused-ring (bicyclic) bond motifs is 2. The van der Waals surface area contributed by atoms with E-state index in [-0.39, 0.29) is 12.0 Å². The molecule has 0 aliphatic carbocycles. The zero-order chi connectivity index (χ0) is 29.0. The lowest BCUT2D eigenvalue weighted by Crippen LogP contribution is -2.48. The average molecular weight is 575 g/mol. The molecule has 2 bridgehead atoms. The van der Waals surface area contributed by atoms with E-state index in [4.69, 9.17) is 4.74 Å². The lowest BCUT2D eigenvalue weighted by molar-refractivity contribution is 0.209. The summed E-state index contributed by atoms with van der Waals surface area (Å²) in [5.41, 5.74) is 3.72. The second-order valence-corrected chi connectivity index (χ2v) is 13.3. The van der Waals surface area contributed by atoms with E-state index in [1.807, 2.05) is 39.0 Å². The summed E-state index contributed by atoms with van der Waals surface area (Å²) in [5, 5.41) is 4.01. The summed E-state index contributed by atoms with van der Waals surface area (Å²) in [6.07, 6.45) is 4.99. The van der Waals surface area contributed by atoms with Gasteiger partial charge in [-0.25, -0.2) is 0 Å².